The van der Waals surface area contributed by atoms with Crippen LogP contribution in [0.5, 0.6) is 0 Å². The van der Waals surface area contributed by atoms with Crippen LogP contribution in [0.4, 0.5) is 0 Å². The Morgan fingerprint density at radius 3 is 1.32 bits per heavy atom. The van der Waals surface area contributed by atoms with Gasteiger partial charge < -0.3 is 48.3 Å². The van der Waals surface area contributed by atoms with Crippen LogP contribution in [-0.4, -0.2) is 124 Å². The van der Waals surface area contributed by atoms with Gasteiger partial charge in [-0.25, -0.2) is 9.59 Å². The standard InChI is InChI=1S/C49H93NO12/c1-5-9-13-22-42(23-14-10-6-2)29-36-60-48(54)40-56-38-46(52)58-34-20-26-44(62-45(51)28-19-33-50-31-17-18-32-50)27-21-35-59-47(53)39-57-41-49(55)61-37-30-43(24-15-11-7-3)25-16-12-8-4/h42-44,46-47,52-53H,5-41H2,1-4H3. The fourth-order valence-corrected chi connectivity index (χ4v) is 7.96. The lowest BCUT2D eigenvalue weighted by atomic mass is 9.92. The number of rotatable bonds is 45. The van der Waals surface area contributed by atoms with Crippen molar-refractivity contribution >= 4 is 17.9 Å². The zero-order chi connectivity index (χ0) is 45.3. The van der Waals surface area contributed by atoms with E-state index in [0.29, 0.717) is 57.2 Å². The number of esters is 3. The molecule has 366 valence electrons. The lowest BCUT2D eigenvalue weighted by Crippen LogP contribution is -2.25. The van der Waals surface area contributed by atoms with Crippen molar-refractivity contribution in [3.63, 3.8) is 0 Å². The molecule has 1 fully saturated rings. The first kappa shape index (κ1) is 58.1. The van der Waals surface area contributed by atoms with E-state index in [1.807, 2.05) is 0 Å². The third kappa shape index (κ3) is 35.5. The molecule has 13 heteroatoms. The van der Waals surface area contributed by atoms with Crippen LogP contribution in [0.3, 0.4) is 0 Å². The molecule has 2 N–H and O–H groups in total. The second-order valence-electron chi connectivity index (χ2n) is 17.5. The third-order valence-electron chi connectivity index (χ3n) is 11.7. The number of aliphatic hydroxyl groups is 2. The first-order chi connectivity index (χ1) is 30.2. The molecule has 0 aromatic rings. The normalized spacial score (nSPS) is 14.7. The fourth-order valence-electron chi connectivity index (χ4n) is 7.96. The maximum absolute atomic E-state index is 12.8. The van der Waals surface area contributed by atoms with Crippen molar-refractivity contribution in [1.29, 1.82) is 0 Å². The number of carbonyl (C=O) groups excluding carboxylic acids is 3. The van der Waals surface area contributed by atoms with Gasteiger partial charge in [0, 0.05) is 19.6 Å². The average molecular weight is 888 g/mol. The molecule has 13 nitrogen and oxygen atoms in total. The number of likely N-dealkylation sites (tertiary alicyclic amines) is 1. The molecule has 1 saturated heterocycles. The Balaban J connectivity index is 2.37. The van der Waals surface area contributed by atoms with Gasteiger partial charge in [-0.1, -0.05) is 130 Å². The summed E-state index contributed by atoms with van der Waals surface area (Å²) < 4.78 is 38.4. The predicted octanol–water partition coefficient (Wildman–Crippen LogP) is 9.46. The van der Waals surface area contributed by atoms with Crippen LogP contribution in [0.15, 0.2) is 0 Å². The predicted molar refractivity (Wildman–Crippen MR) is 244 cm³/mol. The van der Waals surface area contributed by atoms with Crippen molar-refractivity contribution in [1.82, 2.24) is 4.90 Å². The van der Waals surface area contributed by atoms with Gasteiger partial charge in [0.25, 0.3) is 0 Å². The molecule has 1 rings (SSSR count). The number of aliphatic hydroxyl groups excluding tert-OH is 2. The highest BCUT2D eigenvalue weighted by atomic mass is 16.6. The molecular weight excluding hydrogens is 795 g/mol. The summed E-state index contributed by atoms with van der Waals surface area (Å²) in [6.07, 6.45) is 23.8. The topological polar surface area (TPSA) is 160 Å². The van der Waals surface area contributed by atoms with E-state index >= 15 is 0 Å². The number of hydrogen-bond acceptors (Lipinski definition) is 13. The van der Waals surface area contributed by atoms with E-state index in [4.69, 9.17) is 33.2 Å². The molecule has 0 bridgehead atoms. The van der Waals surface area contributed by atoms with Crippen LogP contribution >= 0.6 is 0 Å². The van der Waals surface area contributed by atoms with Gasteiger partial charge >= 0.3 is 17.9 Å². The van der Waals surface area contributed by atoms with Gasteiger partial charge in [-0.15, -0.1) is 0 Å². The minimum absolute atomic E-state index is 0.162. The molecule has 0 radical (unpaired) electrons. The van der Waals surface area contributed by atoms with Crippen LogP contribution in [-0.2, 0) is 47.5 Å². The fraction of sp³-hybridized carbons (Fsp3) is 0.939. The second-order valence-corrected chi connectivity index (χ2v) is 17.5. The monoisotopic (exact) mass is 888 g/mol. The van der Waals surface area contributed by atoms with Gasteiger partial charge in [0.05, 0.1) is 26.4 Å². The van der Waals surface area contributed by atoms with Gasteiger partial charge in [0.15, 0.2) is 12.6 Å². The van der Waals surface area contributed by atoms with Crippen molar-refractivity contribution in [3.8, 4) is 0 Å². The van der Waals surface area contributed by atoms with Crippen molar-refractivity contribution in [2.24, 2.45) is 11.8 Å². The van der Waals surface area contributed by atoms with E-state index in [9.17, 15) is 24.6 Å². The summed E-state index contributed by atoms with van der Waals surface area (Å²) in [5.41, 5.74) is 0. The summed E-state index contributed by atoms with van der Waals surface area (Å²) in [5, 5.41) is 20.6. The van der Waals surface area contributed by atoms with E-state index in [0.717, 1.165) is 38.9 Å². The Morgan fingerprint density at radius 1 is 0.500 bits per heavy atom. The highest BCUT2D eigenvalue weighted by Gasteiger charge is 2.18. The van der Waals surface area contributed by atoms with E-state index in [2.05, 4.69) is 32.6 Å². The smallest absolute Gasteiger partial charge is 0.332 e. The molecule has 0 aliphatic carbocycles. The molecule has 0 aromatic heterocycles. The molecule has 0 spiro atoms. The maximum atomic E-state index is 12.8. The molecule has 2 atom stereocenters. The number of hydrogen-bond donors (Lipinski definition) is 2. The average Bonchev–Trinajstić information content (AvgIpc) is 3.77. The Kier molecular flexibility index (Phi) is 39.2. The minimum atomic E-state index is -1.21. The number of unbranched alkanes of at least 4 members (excludes halogenated alkanes) is 8. The van der Waals surface area contributed by atoms with E-state index < -0.39 is 24.5 Å². The van der Waals surface area contributed by atoms with Crippen molar-refractivity contribution in [2.45, 2.75) is 213 Å². The highest BCUT2D eigenvalue weighted by Crippen LogP contribution is 2.22. The van der Waals surface area contributed by atoms with Crippen LogP contribution in [0.1, 0.15) is 195 Å². The summed E-state index contributed by atoms with van der Waals surface area (Å²) >= 11 is 0. The van der Waals surface area contributed by atoms with Gasteiger partial charge in [-0.2, -0.15) is 0 Å². The lowest BCUT2D eigenvalue weighted by molar-refractivity contribution is -0.162. The summed E-state index contributed by atoms with van der Waals surface area (Å²) in [6, 6.07) is 0. The van der Waals surface area contributed by atoms with E-state index in [1.54, 1.807) is 0 Å². The molecular formula is C49H93NO12. The first-order valence-electron chi connectivity index (χ1n) is 25.2. The van der Waals surface area contributed by atoms with Crippen molar-refractivity contribution in [3.05, 3.63) is 0 Å². The third-order valence-corrected chi connectivity index (χ3v) is 11.7. The van der Waals surface area contributed by atoms with Crippen molar-refractivity contribution in [2.75, 3.05) is 72.5 Å². The maximum Gasteiger partial charge on any atom is 0.332 e. The van der Waals surface area contributed by atoms with E-state index in [1.165, 1.54) is 116 Å². The molecule has 1 aliphatic heterocycles. The first-order valence-corrected chi connectivity index (χ1v) is 25.2. The van der Waals surface area contributed by atoms with Crippen LogP contribution in [0.25, 0.3) is 0 Å². The largest absolute Gasteiger partial charge is 0.464 e. The van der Waals surface area contributed by atoms with Crippen LogP contribution < -0.4 is 0 Å². The van der Waals surface area contributed by atoms with Crippen LogP contribution in [0.2, 0.25) is 0 Å². The van der Waals surface area contributed by atoms with Gasteiger partial charge in [-0.05, 0) is 89.3 Å². The summed E-state index contributed by atoms with van der Waals surface area (Å²) in [4.78, 5) is 39.6. The lowest BCUT2D eigenvalue weighted by Gasteiger charge is -2.20. The van der Waals surface area contributed by atoms with Gasteiger partial charge in [0.1, 0.15) is 19.3 Å². The van der Waals surface area contributed by atoms with Crippen LogP contribution in [0, 0.1) is 11.8 Å². The highest BCUT2D eigenvalue weighted by molar-refractivity contribution is 5.71. The Labute approximate surface area is 377 Å². The summed E-state index contributed by atoms with van der Waals surface area (Å²) in [7, 11) is 0. The van der Waals surface area contributed by atoms with E-state index in [-0.39, 0.29) is 51.7 Å². The van der Waals surface area contributed by atoms with Crippen molar-refractivity contribution < 1.29 is 57.8 Å². The van der Waals surface area contributed by atoms with Gasteiger partial charge in [0.2, 0.25) is 0 Å². The molecule has 2 unspecified atom stereocenters. The molecule has 62 heavy (non-hydrogen) atoms. The number of nitrogens with zero attached hydrogens (tertiary/aromatic N) is 1. The molecule has 1 aliphatic rings. The van der Waals surface area contributed by atoms with Gasteiger partial charge in [-0.3, -0.25) is 4.79 Å². The zero-order valence-corrected chi connectivity index (χ0v) is 40.0. The molecule has 1 heterocycles. The minimum Gasteiger partial charge on any atom is -0.464 e. The molecule has 0 aromatic carbocycles. The SMILES string of the molecule is CCCCCC(CCCCC)CCOC(=O)COCC(O)OCCCC(CCCOC(O)COCC(=O)OCCC(CCCCC)CCCCC)OC(=O)CCCN1CCCC1. The Bertz CT molecular complexity index is 963. The quantitative estimate of drug-likeness (QED) is 0.0258. The number of ether oxygens (including phenoxy) is 7. The Morgan fingerprint density at radius 2 is 0.919 bits per heavy atom. The summed E-state index contributed by atoms with van der Waals surface area (Å²) in [6.45, 7) is 12.2. The summed E-state index contributed by atoms with van der Waals surface area (Å²) in [5.74, 6) is 0.00555. The zero-order valence-electron chi connectivity index (χ0n) is 40.0. The number of carbonyl (C=O) groups is 3. The molecule has 0 amide bonds. The second kappa shape index (κ2) is 41.8. The molecule has 0 saturated carbocycles. The Hall–Kier alpha value is -1.87.